The summed E-state index contributed by atoms with van der Waals surface area (Å²) in [5.41, 5.74) is 2.94. The summed E-state index contributed by atoms with van der Waals surface area (Å²) >= 11 is 1.20. The lowest BCUT2D eigenvalue weighted by Gasteiger charge is -2.33. The number of hydrogen-bond donors (Lipinski definition) is 1. The Hall–Kier alpha value is -5.54. The topological polar surface area (TPSA) is 117 Å². The molecule has 2 aromatic heterocycles. The first-order chi connectivity index (χ1) is 25.9. The van der Waals surface area contributed by atoms with E-state index in [-0.39, 0.29) is 47.9 Å². The van der Waals surface area contributed by atoms with Gasteiger partial charge in [0.15, 0.2) is 0 Å². The number of carbonyl (C=O) groups is 3. The number of thiazole rings is 1. The van der Waals surface area contributed by atoms with Gasteiger partial charge in [-0.1, -0.05) is 12.1 Å². The van der Waals surface area contributed by atoms with Crippen molar-refractivity contribution in [3.8, 4) is 27.4 Å². The van der Waals surface area contributed by atoms with Crippen LogP contribution in [-0.4, -0.2) is 91.0 Å². The predicted octanol–water partition coefficient (Wildman–Crippen LogP) is 6.72. The van der Waals surface area contributed by atoms with Crippen LogP contribution >= 0.6 is 11.3 Å². The van der Waals surface area contributed by atoms with Crippen LogP contribution in [0.5, 0.6) is 5.75 Å². The molecule has 4 heterocycles. The molecular weight excluding hydrogens is 722 g/mol. The first kappa shape index (κ1) is 36.8. The highest BCUT2D eigenvalue weighted by Gasteiger charge is 2.41. The average molecular weight is 759 g/mol. The monoisotopic (exact) mass is 758 g/mol. The van der Waals surface area contributed by atoms with E-state index < -0.39 is 17.8 Å². The van der Waals surface area contributed by atoms with Gasteiger partial charge < -0.3 is 24.6 Å². The molecule has 1 unspecified atom stereocenters. The number of aromatic nitrogens is 2. The van der Waals surface area contributed by atoms with E-state index in [9.17, 15) is 27.6 Å². The summed E-state index contributed by atoms with van der Waals surface area (Å²) in [5.74, 6) is 0.448. The van der Waals surface area contributed by atoms with Crippen molar-refractivity contribution in [2.45, 2.75) is 31.6 Å². The Morgan fingerprint density at radius 2 is 1.74 bits per heavy atom. The molecule has 1 atom stereocenters. The lowest BCUT2D eigenvalue weighted by atomic mass is 10.00. The number of likely N-dealkylation sites (tertiary alicyclic amines) is 1. The second-order valence-electron chi connectivity index (χ2n) is 13.2. The maximum Gasteiger partial charge on any atom is 0.417 e. The Labute approximate surface area is 313 Å². The third-order valence-corrected chi connectivity index (χ3v) is 10.5. The Morgan fingerprint density at radius 1 is 0.944 bits per heavy atom. The number of ether oxygens (including phenoxy) is 2. The van der Waals surface area contributed by atoms with Gasteiger partial charge in [-0.2, -0.15) is 13.2 Å². The van der Waals surface area contributed by atoms with Crippen molar-refractivity contribution in [3.05, 3.63) is 89.6 Å². The van der Waals surface area contributed by atoms with Gasteiger partial charge in [-0.15, -0.1) is 11.3 Å². The molecule has 0 saturated carbocycles. The average Bonchev–Trinajstić information content (AvgIpc) is 3.73. The minimum absolute atomic E-state index is 0.0218. The second-order valence-corrected chi connectivity index (χ2v) is 14.3. The van der Waals surface area contributed by atoms with Gasteiger partial charge in [0.2, 0.25) is 5.91 Å². The molecule has 2 aliphatic rings. The SMILES string of the molecule is CN1C(=O)CCC(N2Cc3cc(OCCOCCNc4ccc5nc(-c6ccc(-c7ccc(N(C)C)nc7)cc6C(F)(F)F)sc5c4)ccc3C2=O)C1=O. The van der Waals surface area contributed by atoms with Crippen LogP contribution in [0.4, 0.5) is 24.7 Å². The van der Waals surface area contributed by atoms with Crippen LogP contribution in [0, 0.1) is 0 Å². The number of fused-ring (bicyclic) bond motifs is 2. The Kier molecular flexibility index (Phi) is 10.3. The number of benzene rings is 3. The Morgan fingerprint density at radius 3 is 2.50 bits per heavy atom. The fraction of sp³-hybridized carbons (Fsp3) is 0.308. The van der Waals surface area contributed by atoms with Crippen molar-refractivity contribution < 1.29 is 37.0 Å². The molecular formula is C39H37F3N6O5S. The molecule has 2 aliphatic heterocycles. The minimum atomic E-state index is -4.58. The van der Waals surface area contributed by atoms with Gasteiger partial charge in [0.05, 0.1) is 29.0 Å². The van der Waals surface area contributed by atoms with E-state index in [0.717, 1.165) is 26.9 Å². The molecule has 3 amide bonds. The molecule has 7 rings (SSSR count). The maximum atomic E-state index is 14.3. The first-order valence-electron chi connectivity index (χ1n) is 17.3. The number of carbonyl (C=O) groups excluding carboxylic acids is 3. The molecule has 3 aromatic carbocycles. The van der Waals surface area contributed by atoms with E-state index in [2.05, 4.69) is 15.3 Å². The highest BCUT2D eigenvalue weighted by atomic mass is 32.1. The number of imide groups is 1. The molecule has 0 bridgehead atoms. The second kappa shape index (κ2) is 15.1. The molecule has 15 heteroatoms. The van der Waals surface area contributed by atoms with Gasteiger partial charge in [-0.3, -0.25) is 19.3 Å². The summed E-state index contributed by atoms with van der Waals surface area (Å²) in [4.78, 5) is 50.8. The zero-order valence-electron chi connectivity index (χ0n) is 29.8. The molecule has 1 fully saturated rings. The summed E-state index contributed by atoms with van der Waals surface area (Å²) in [6.45, 7) is 1.73. The number of halogens is 3. The number of nitrogens with one attached hydrogen (secondary N) is 1. The van der Waals surface area contributed by atoms with E-state index in [1.165, 1.54) is 29.4 Å². The van der Waals surface area contributed by atoms with Gasteiger partial charge in [-0.25, -0.2) is 9.97 Å². The van der Waals surface area contributed by atoms with Gasteiger partial charge in [-0.05, 0) is 72.1 Å². The van der Waals surface area contributed by atoms with Crippen molar-refractivity contribution in [1.82, 2.24) is 19.8 Å². The zero-order chi connectivity index (χ0) is 38.1. The van der Waals surface area contributed by atoms with Crippen LogP contribution in [0.2, 0.25) is 0 Å². The van der Waals surface area contributed by atoms with Crippen molar-refractivity contribution in [1.29, 1.82) is 0 Å². The highest BCUT2D eigenvalue weighted by Crippen LogP contribution is 2.42. The third kappa shape index (κ3) is 7.59. The number of amides is 3. The molecule has 1 saturated heterocycles. The highest BCUT2D eigenvalue weighted by molar-refractivity contribution is 7.21. The number of alkyl halides is 3. The molecule has 280 valence electrons. The van der Waals surface area contributed by atoms with Gasteiger partial charge in [0.1, 0.15) is 29.2 Å². The normalized spacial score (nSPS) is 16.0. The maximum absolute atomic E-state index is 14.3. The molecule has 0 spiro atoms. The van der Waals surface area contributed by atoms with Crippen molar-refractivity contribution >= 4 is 50.8 Å². The van der Waals surface area contributed by atoms with Crippen LogP contribution in [0.1, 0.15) is 34.3 Å². The number of pyridine rings is 1. The first-order valence-corrected chi connectivity index (χ1v) is 18.1. The molecule has 5 aromatic rings. The van der Waals surface area contributed by atoms with Crippen LogP contribution in [0.3, 0.4) is 0 Å². The summed E-state index contributed by atoms with van der Waals surface area (Å²) in [6, 6.07) is 17.8. The van der Waals surface area contributed by atoms with E-state index >= 15 is 0 Å². The summed E-state index contributed by atoms with van der Waals surface area (Å²) < 4.78 is 55.3. The lowest BCUT2D eigenvalue weighted by Crippen LogP contribution is -2.53. The number of likely N-dealkylation sites (N-methyl/N-ethyl adjacent to an activating group) is 1. The van der Waals surface area contributed by atoms with E-state index in [4.69, 9.17) is 9.47 Å². The summed E-state index contributed by atoms with van der Waals surface area (Å²) in [6.07, 6.45) is -2.48. The van der Waals surface area contributed by atoms with Crippen LogP contribution < -0.4 is 15.0 Å². The molecule has 11 nitrogen and oxygen atoms in total. The quantitative estimate of drug-likeness (QED) is 0.109. The minimum Gasteiger partial charge on any atom is -0.491 e. The number of nitrogens with zero attached hydrogens (tertiary/aromatic N) is 5. The molecule has 54 heavy (non-hydrogen) atoms. The fourth-order valence-electron chi connectivity index (χ4n) is 6.55. The van der Waals surface area contributed by atoms with Crippen molar-refractivity contribution in [2.75, 3.05) is 57.7 Å². The number of piperidine rings is 1. The van der Waals surface area contributed by atoms with Crippen molar-refractivity contribution in [3.63, 3.8) is 0 Å². The standard InChI is InChI=1S/C39H37F3N6O5S/c1-46(2)34-12-5-24(21-44-34)23-4-8-29(30(19-23)39(40,41)42)36-45-31-10-6-26(20-33(31)54-36)43-14-15-52-16-17-53-27-7-9-28-25(18-27)22-48(37(28)50)32-11-13-35(49)47(3)38(32)51/h4-10,12,18-21,32,43H,11,13-17,22H2,1-3H3. The fourth-order valence-corrected chi connectivity index (χ4v) is 7.60. The van der Waals surface area contributed by atoms with Gasteiger partial charge in [0.25, 0.3) is 11.8 Å². The molecule has 0 aliphatic carbocycles. The summed E-state index contributed by atoms with van der Waals surface area (Å²) in [7, 11) is 5.13. The van der Waals surface area contributed by atoms with E-state index in [0.29, 0.717) is 60.0 Å². The molecule has 1 N–H and O–H groups in total. The summed E-state index contributed by atoms with van der Waals surface area (Å²) in [5, 5.41) is 3.56. The van der Waals surface area contributed by atoms with Crippen molar-refractivity contribution in [2.24, 2.45) is 0 Å². The smallest absolute Gasteiger partial charge is 0.417 e. The predicted molar refractivity (Wildman–Crippen MR) is 200 cm³/mol. The van der Waals surface area contributed by atoms with Crippen LogP contribution in [0.15, 0.2) is 72.9 Å². The number of anilines is 2. The van der Waals surface area contributed by atoms with Crippen LogP contribution in [0.25, 0.3) is 31.9 Å². The van der Waals surface area contributed by atoms with E-state index in [1.54, 1.807) is 48.7 Å². The number of rotatable bonds is 12. The molecule has 0 radical (unpaired) electrons. The van der Waals surface area contributed by atoms with E-state index in [1.807, 2.05) is 31.1 Å². The van der Waals surface area contributed by atoms with Gasteiger partial charge >= 0.3 is 6.18 Å². The van der Waals surface area contributed by atoms with Gasteiger partial charge in [0, 0.05) is 69.2 Å². The largest absolute Gasteiger partial charge is 0.491 e. The lowest BCUT2D eigenvalue weighted by molar-refractivity contribution is -0.150. The Balaban J connectivity index is 0.903. The Bertz CT molecular complexity index is 2230. The van der Waals surface area contributed by atoms with Crippen LogP contribution in [-0.2, 0) is 27.0 Å². The number of hydrogen-bond acceptors (Lipinski definition) is 10. The third-order valence-electron chi connectivity index (χ3n) is 9.46. The zero-order valence-corrected chi connectivity index (χ0v) is 30.6.